The van der Waals surface area contributed by atoms with E-state index in [1.54, 1.807) is 0 Å². The molecule has 0 bridgehead atoms. The molecule has 0 saturated carbocycles. The average Bonchev–Trinajstić information content (AvgIpc) is 2.46. The monoisotopic (exact) mass is 258 g/mol. The van der Waals surface area contributed by atoms with Gasteiger partial charge in [0.05, 0.1) is 0 Å². The number of nitrogens with two attached hydrogens (primary N) is 1. The number of rotatable bonds is 3. The second kappa shape index (κ2) is 6.02. The fraction of sp³-hybridized carbons (Fsp3) is 0.438. The number of carbonyl (C=O) groups excluding carboxylic acids is 1. The topological polar surface area (TPSA) is 46.3 Å². The van der Waals surface area contributed by atoms with Crippen LogP contribution in [0.15, 0.2) is 36.9 Å². The van der Waals surface area contributed by atoms with E-state index in [0.717, 1.165) is 31.5 Å². The Morgan fingerprint density at radius 3 is 2.47 bits per heavy atom. The van der Waals surface area contributed by atoms with Crippen LogP contribution in [0.3, 0.4) is 0 Å². The molecule has 0 aromatic heterocycles. The number of hydrogen-bond donors (Lipinski definition) is 1. The summed E-state index contributed by atoms with van der Waals surface area (Å²) < 4.78 is 0. The van der Waals surface area contributed by atoms with Crippen LogP contribution in [0.2, 0.25) is 0 Å². The molecule has 19 heavy (non-hydrogen) atoms. The number of likely N-dealkylation sites (tertiary alicyclic amines) is 1. The Balaban J connectivity index is 1.99. The van der Waals surface area contributed by atoms with Crippen molar-refractivity contribution < 1.29 is 4.79 Å². The fourth-order valence-electron chi connectivity index (χ4n) is 2.47. The summed E-state index contributed by atoms with van der Waals surface area (Å²) in [6.45, 7) is 7.42. The first-order chi connectivity index (χ1) is 9.11. The highest BCUT2D eigenvalue weighted by Crippen LogP contribution is 2.21. The van der Waals surface area contributed by atoms with Crippen LogP contribution in [0.1, 0.15) is 30.0 Å². The first kappa shape index (κ1) is 13.8. The Bertz CT molecular complexity index is 444. The Hall–Kier alpha value is -1.61. The molecular formula is C16H22N2O. The summed E-state index contributed by atoms with van der Waals surface area (Å²) in [6.07, 6.45) is 3.98. The van der Waals surface area contributed by atoms with E-state index in [0.29, 0.717) is 5.92 Å². The summed E-state index contributed by atoms with van der Waals surface area (Å²) in [5, 5.41) is 0. The minimum atomic E-state index is -0.541. The number of benzene rings is 1. The maximum atomic E-state index is 12.4. The van der Waals surface area contributed by atoms with E-state index in [2.05, 4.69) is 6.58 Å². The Morgan fingerprint density at radius 2 is 1.95 bits per heavy atom. The summed E-state index contributed by atoms with van der Waals surface area (Å²) in [5.74, 6) is 0.575. The molecule has 0 aliphatic carbocycles. The minimum absolute atomic E-state index is 0.0337. The van der Waals surface area contributed by atoms with Gasteiger partial charge in [-0.2, -0.15) is 0 Å². The van der Waals surface area contributed by atoms with Crippen molar-refractivity contribution in [3.63, 3.8) is 0 Å². The maximum Gasteiger partial charge on any atom is 0.244 e. The van der Waals surface area contributed by atoms with Crippen molar-refractivity contribution in [2.45, 2.75) is 25.8 Å². The first-order valence-corrected chi connectivity index (χ1v) is 6.85. The molecule has 1 atom stereocenters. The molecule has 3 heteroatoms. The highest BCUT2D eigenvalue weighted by Gasteiger charge is 2.25. The Labute approximate surface area is 115 Å². The van der Waals surface area contributed by atoms with Crippen molar-refractivity contribution >= 4 is 5.91 Å². The molecule has 2 rings (SSSR count). The van der Waals surface area contributed by atoms with E-state index in [-0.39, 0.29) is 5.91 Å². The van der Waals surface area contributed by atoms with Crippen molar-refractivity contribution in [1.29, 1.82) is 0 Å². The highest BCUT2D eigenvalue weighted by molar-refractivity contribution is 5.83. The summed E-state index contributed by atoms with van der Waals surface area (Å²) in [4.78, 5) is 14.2. The molecular weight excluding hydrogens is 236 g/mol. The van der Waals surface area contributed by atoms with Crippen LogP contribution in [-0.2, 0) is 4.79 Å². The maximum absolute atomic E-state index is 12.4. The number of allylic oxidation sites excluding steroid dienone is 1. The molecule has 1 amide bonds. The van der Waals surface area contributed by atoms with Crippen molar-refractivity contribution in [1.82, 2.24) is 4.90 Å². The van der Waals surface area contributed by atoms with Gasteiger partial charge in [0.1, 0.15) is 6.04 Å². The third kappa shape index (κ3) is 3.24. The summed E-state index contributed by atoms with van der Waals surface area (Å²) in [6, 6.07) is 7.32. The summed E-state index contributed by atoms with van der Waals surface area (Å²) >= 11 is 0. The molecule has 1 aliphatic rings. The lowest BCUT2D eigenvalue weighted by molar-refractivity contribution is -0.133. The molecule has 102 valence electrons. The van der Waals surface area contributed by atoms with Crippen LogP contribution >= 0.6 is 0 Å². The van der Waals surface area contributed by atoms with Gasteiger partial charge in [0.2, 0.25) is 5.91 Å². The van der Waals surface area contributed by atoms with E-state index >= 15 is 0 Å². The zero-order chi connectivity index (χ0) is 13.8. The average molecular weight is 258 g/mol. The molecule has 1 saturated heterocycles. The highest BCUT2D eigenvalue weighted by atomic mass is 16.2. The molecule has 1 aliphatic heterocycles. The van der Waals surface area contributed by atoms with Crippen molar-refractivity contribution in [3.8, 4) is 0 Å². The summed E-state index contributed by atoms with van der Waals surface area (Å²) in [7, 11) is 0. The van der Waals surface area contributed by atoms with Crippen molar-refractivity contribution in [2.75, 3.05) is 13.1 Å². The second-order valence-corrected chi connectivity index (χ2v) is 5.29. The SMILES string of the molecule is C=CC1CCN(C(=O)C(N)c2ccc(C)cc2)CC1. The summed E-state index contributed by atoms with van der Waals surface area (Å²) in [5.41, 5.74) is 8.14. The van der Waals surface area contributed by atoms with E-state index in [1.807, 2.05) is 42.2 Å². The minimum Gasteiger partial charge on any atom is -0.341 e. The Morgan fingerprint density at radius 1 is 1.37 bits per heavy atom. The largest absolute Gasteiger partial charge is 0.341 e. The van der Waals surface area contributed by atoms with Crippen molar-refractivity contribution in [2.24, 2.45) is 11.7 Å². The van der Waals surface area contributed by atoms with Gasteiger partial charge < -0.3 is 10.6 Å². The molecule has 1 fully saturated rings. The lowest BCUT2D eigenvalue weighted by Crippen LogP contribution is -2.43. The van der Waals surface area contributed by atoms with E-state index in [9.17, 15) is 4.79 Å². The number of amides is 1. The van der Waals surface area contributed by atoms with E-state index < -0.39 is 6.04 Å². The predicted octanol–water partition coefficient (Wildman–Crippen LogP) is 2.42. The van der Waals surface area contributed by atoms with E-state index in [1.165, 1.54) is 5.56 Å². The van der Waals surface area contributed by atoms with Crippen LogP contribution in [-0.4, -0.2) is 23.9 Å². The van der Waals surface area contributed by atoms with Gasteiger partial charge in [-0.05, 0) is 31.2 Å². The van der Waals surface area contributed by atoms with Crippen LogP contribution in [0.4, 0.5) is 0 Å². The second-order valence-electron chi connectivity index (χ2n) is 5.29. The molecule has 1 aromatic rings. The lowest BCUT2D eigenvalue weighted by atomic mass is 9.96. The van der Waals surface area contributed by atoms with Gasteiger partial charge in [0.25, 0.3) is 0 Å². The molecule has 1 unspecified atom stereocenters. The molecule has 3 nitrogen and oxygen atoms in total. The lowest BCUT2D eigenvalue weighted by Gasteiger charge is -2.32. The van der Waals surface area contributed by atoms with Gasteiger partial charge in [-0.3, -0.25) is 4.79 Å². The third-order valence-electron chi connectivity index (χ3n) is 3.89. The molecule has 2 N–H and O–H groups in total. The Kier molecular flexibility index (Phi) is 4.38. The number of carbonyl (C=O) groups is 1. The number of hydrogen-bond acceptors (Lipinski definition) is 2. The molecule has 1 heterocycles. The standard InChI is InChI=1S/C16H22N2O/c1-3-13-8-10-18(11-9-13)16(19)15(17)14-6-4-12(2)5-7-14/h3-7,13,15H,1,8-11,17H2,2H3. The van der Waals surface area contributed by atoms with Gasteiger partial charge in [0, 0.05) is 13.1 Å². The molecule has 0 radical (unpaired) electrons. The normalized spacial score (nSPS) is 18.1. The van der Waals surface area contributed by atoms with Crippen LogP contribution < -0.4 is 5.73 Å². The zero-order valence-corrected chi connectivity index (χ0v) is 11.5. The number of piperidine rings is 1. The predicted molar refractivity (Wildman–Crippen MR) is 77.6 cm³/mol. The quantitative estimate of drug-likeness (QED) is 0.846. The van der Waals surface area contributed by atoms with E-state index in [4.69, 9.17) is 5.73 Å². The number of nitrogens with zero attached hydrogens (tertiary/aromatic N) is 1. The van der Waals surface area contributed by atoms with Gasteiger partial charge >= 0.3 is 0 Å². The zero-order valence-electron chi connectivity index (χ0n) is 11.5. The van der Waals surface area contributed by atoms with Gasteiger partial charge in [-0.1, -0.05) is 35.9 Å². The van der Waals surface area contributed by atoms with Crippen LogP contribution in [0.25, 0.3) is 0 Å². The van der Waals surface area contributed by atoms with Gasteiger partial charge in [-0.25, -0.2) is 0 Å². The molecule has 1 aromatic carbocycles. The van der Waals surface area contributed by atoms with Crippen molar-refractivity contribution in [3.05, 3.63) is 48.0 Å². The van der Waals surface area contributed by atoms with Gasteiger partial charge in [-0.15, -0.1) is 6.58 Å². The van der Waals surface area contributed by atoms with Gasteiger partial charge in [0.15, 0.2) is 0 Å². The molecule has 0 spiro atoms. The fourth-order valence-corrected chi connectivity index (χ4v) is 2.47. The van der Waals surface area contributed by atoms with Crippen LogP contribution in [0, 0.1) is 12.8 Å². The van der Waals surface area contributed by atoms with Crippen LogP contribution in [0.5, 0.6) is 0 Å². The third-order valence-corrected chi connectivity index (χ3v) is 3.89. The number of aryl methyl sites for hydroxylation is 1. The first-order valence-electron chi connectivity index (χ1n) is 6.85. The smallest absolute Gasteiger partial charge is 0.244 e.